The summed E-state index contributed by atoms with van der Waals surface area (Å²) in [6.07, 6.45) is 0.207. The maximum absolute atomic E-state index is 11.8. The number of nitrogens with zero attached hydrogens (tertiary/aromatic N) is 1. The van der Waals surface area contributed by atoms with Crippen LogP contribution in [-0.2, 0) is 0 Å². The summed E-state index contributed by atoms with van der Waals surface area (Å²) in [7, 11) is 0. The van der Waals surface area contributed by atoms with Crippen molar-refractivity contribution in [2.75, 3.05) is 0 Å². The Bertz CT molecular complexity index is 512. The van der Waals surface area contributed by atoms with Gasteiger partial charge in [-0.3, -0.25) is 9.59 Å². The van der Waals surface area contributed by atoms with Crippen LogP contribution >= 0.6 is 0 Å². The van der Waals surface area contributed by atoms with Gasteiger partial charge in [0, 0.05) is 24.0 Å². The second-order valence-electron chi connectivity index (χ2n) is 3.48. The minimum Gasteiger partial charge on any atom is -0.513 e. The standard InChI is InChI=1S/C13H11NO3/c1-9(15)6-7-12(16)10-4-2-3-5-11(10)13(17)8-14/h2-5,15H,1,6-7H2. The average molecular weight is 229 g/mol. The van der Waals surface area contributed by atoms with E-state index in [2.05, 4.69) is 6.58 Å². The molecule has 0 fully saturated rings. The molecule has 0 saturated carbocycles. The highest BCUT2D eigenvalue weighted by molar-refractivity contribution is 6.14. The SMILES string of the molecule is C=C(O)CCC(=O)c1ccccc1C(=O)C#N. The molecule has 1 aromatic carbocycles. The first-order valence-corrected chi connectivity index (χ1v) is 4.99. The highest BCUT2D eigenvalue weighted by Crippen LogP contribution is 2.14. The van der Waals surface area contributed by atoms with Gasteiger partial charge in [0.25, 0.3) is 5.78 Å². The Morgan fingerprint density at radius 3 is 2.35 bits per heavy atom. The summed E-state index contributed by atoms with van der Waals surface area (Å²) in [6.45, 7) is 3.28. The lowest BCUT2D eigenvalue weighted by atomic mass is 9.98. The van der Waals surface area contributed by atoms with Gasteiger partial charge < -0.3 is 5.11 Å². The van der Waals surface area contributed by atoms with Crippen LogP contribution in [0.1, 0.15) is 33.6 Å². The van der Waals surface area contributed by atoms with Crippen LogP contribution in [0.15, 0.2) is 36.6 Å². The first-order chi connectivity index (χ1) is 8.06. The molecule has 17 heavy (non-hydrogen) atoms. The lowest BCUT2D eigenvalue weighted by Crippen LogP contribution is -2.07. The normalized spacial score (nSPS) is 9.35. The molecular weight excluding hydrogens is 218 g/mol. The molecule has 0 atom stereocenters. The zero-order valence-corrected chi connectivity index (χ0v) is 9.14. The van der Waals surface area contributed by atoms with E-state index in [1.165, 1.54) is 18.2 Å². The van der Waals surface area contributed by atoms with E-state index in [4.69, 9.17) is 10.4 Å². The van der Waals surface area contributed by atoms with Gasteiger partial charge in [-0.05, 0) is 6.07 Å². The molecular formula is C13H11NO3. The first kappa shape index (κ1) is 12.7. The fourth-order valence-electron chi connectivity index (χ4n) is 1.38. The highest BCUT2D eigenvalue weighted by Gasteiger charge is 2.15. The highest BCUT2D eigenvalue weighted by atomic mass is 16.3. The fraction of sp³-hybridized carbons (Fsp3) is 0.154. The minimum absolute atomic E-state index is 0.0606. The third-order valence-electron chi connectivity index (χ3n) is 2.21. The zero-order chi connectivity index (χ0) is 12.8. The Balaban J connectivity index is 2.98. The number of ketones is 2. The van der Waals surface area contributed by atoms with Crippen molar-refractivity contribution in [2.24, 2.45) is 0 Å². The molecule has 0 aromatic heterocycles. The van der Waals surface area contributed by atoms with Gasteiger partial charge in [-0.2, -0.15) is 5.26 Å². The second-order valence-corrected chi connectivity index (χ2v) is 3.48. The van der Waals surface area contributed by atoms with Gasteiger partial charge in [-0.15, -0.1) is 0 Å². The predicted molar refractivity (Wildman–Crippen MR) is 61.7 cm³/mol. The van der Waals surface area contributed by atoms with Gasteiger partial charge in [0.15, 0.2) is 5.78 Å². The Morgan fingerprint density at radius 2 is 1.82 bits per heavy atom. The van der Waals surface area contributed by atoms with Crippen molar-refractivity contribution in [1.29, 1.82) is 5.26 Å². The molecule has 0 radical (unpaired) electrons. The van der Waals surface area contributed by atoms with Gasteiger partial charge >= 0.3 is 0 Å². The molecule has 0 bridgehead atoms. The van der Waals surface area contributed by atoms with Crippen LogP contribution in [0, 0.1) is 11.3 Å². The molecule has 0 amide bonds. The molecule has 0 heterocycles. The maximum Gasteiger partial charge on any atom is 0.262 e. The number of hydrogen-bond acceptors (Lipinski definition) is 4. The number of Topliss-reactive ketones (excluding diaryl/α,β-unsaturated/α-hetero) is 2. The van der Waals surface area contributed by atoms with Crippen molar-refractivity contribution in [3.8, 4) is 6.07 Å². The van der Waals surface area contributed by atoms with Crippen LogP contribution in [0.3, 0.4) is 0 Å². The van der Waals surface area contributed by atoms with Crippen molar-refractivity contribution in [1.82, 2.24) is 0 Å². The van der Waals surface area contributed by atoms with Gasteiger partial charge in [0.05, 0.1) is 5.76 Å². The van der Waals surface area contributed by atoms with Crippen LogP contribution in [0.25, 0.3) is 0 Å². The number of nitriles is 1. The third kappa shape index (κ3) is 3.28. The molecule has 0 aliphatic heterocycles. The van der Waals surface area contributed by atoms with Gasteiger partial charge in [-0.25, -0.2) is 0 Å². The summed E-state index contributed by atoms with van der Waals surface area (Å²) in [5.41, 5.74) is 0.309. The summed E-state index contributed by atoms with van der Waals surface area (Å²) >= 11 is 0. The lowest BCUT2D eigenvalue weighted by Gasteiger charge is -2.04. The lowest BCUT2D eigenvalue weighted by molar-refractivity contribution is 0.0966. The molecule has 0 saturated heterocycles. The molecule has 1 aromatic rings. The third-order valence-corrected chi connectivity index (χ3v) is 2.21. The van der Waals surface area contributed by atoms with Crippen LogP contribution in [0.5, 0.6) is 0 Å². The van der Waals surface area contributed by atoms with E-state index in [-0.39, 0.29) is 35.5 Å². The number of allylic oxidation sites excluding steroid dienone is 1. The van der Waals surface area contributed by atoms with Crippen molar-refractivity contribution in [2.45, 2.75) is 12.8 Å². The van der Waals surface area contributed by atoms with E-state index in [1.807, 2.05) is 0 Å². The van der Waals surface area contributed by atoms with E-state index in [1.54, 1.807) is 12.1 Å². The van der Waals surface area contributed by atoms with Crippen LogP contribution in [-0.4, -0.2) is 16.7 Å². The van der Waals surface area contributed by atoms with E-state index in [0.717, 1.165) is 0 Å². The number of benzene rings is 1. The van der Waals surface area contributed by atoms with Gasteiger partial charge in [0.1, 0.15) is 6.07 Å². The number of carbonyl (C=O) groups is 2. The number of hydrogen-bond donors (Lipinski definition) is 1. The van der Waals surface area contributed by atoms with E-state index in [0.29, 0.717) is 0 Å². The molecule has 0 aliphatic rings. The summed E-state index contributed by atoms with van der Waals surface area (Å²) in [4.78, 5) is 23.1. The van der Waals surface area contributed by atoms with Gasteiger partial charge in [-0.1, -0.05) is 24.8 Å². The van der Waals surface area contributed by atoms with Crippen LogP contribution in [0.2, 0.25) is 0 Å². The number of carbonyl (C=O) groups excluding carboxylic acids is 2. The van der Waals surface area contributed by atoms with Crippen molar-refractivity contribution in [3.05, 3.63) is 47.7 Å². The number of aliphatic hydroxyl groups is 1. The van der Waals surface area contributed by atoms with Crippen molar-refractivity contribution >= 4 is 11.6 Å². The topological polar surface area (TPSA) is 78.2 Å². The fourth-order valence-corrected chi connectivity index (χ4v) is 1.38. The first-order valence-electron chi connectivity index (χ1n) is 4.99. The van der Waals surface area contributed by atoms with Crippen molar-refractivity contribution in [3.63, 3.8) is 0 Å². The molecule has 0 unspecified atom stereocenters. The maximum atomic E-state index is 11.8. The molecule has 1 rings (SSSR count). The molecule has 0 aliphatic carbocycles. The number of aliphatic hydroxyl groups excluding tert-OH is 1. The average Bonchev–Trinajstić information content (AvgIpc) is 2.34. The van der Waals surface area contributed by atoms with Crippen LogP contribution in [0.4, 0.5) is 0 Å². The molecule has 86 valence electrons. The molecule has 1 N–H and O–H groups in total. The molecule has 4 heteroatoms. The van der Waals surface area contributed by atoms with E-state index >= 15 is 0 Å². The summed E-state index contributed by atoms with van der Waals surface area (Å²) < 4.78 is 0. The monoisotopic (exact) mass is 229 g/mol. The molecule has 0 spiro atoms. The Kier molecular flexibility index (Phi) is 4.18. The quantitative estimate of drug-likeness (QED) is 0.477. The minimum atomic E-state index is -0.739. The van der Waals surface area contributed by atoms with Gasteiger partial charge in [0.2, 0.25) is 0 Å². The van der Waals surface area contributed by atoms with Crippen molar-refractivity contribution < 1.29 is 14.7 Å². The summed E-state index contributed by atoms with van der Waals surface area (Å²) in [5.74, 6) is -1.11. The largest absolute Gasteiger partial charge is 0.513 e. The number of rotatable bonds is 5. The summed E-state index contributed by atoms with van der Waals surface area (Å²) in [6, 6.07) is 7.62. The Labute approximate surface area is 98.8 Å². The second kappa shape index (κ2) is 5.61. The zero-order valence-electron chi connectivity index (χ0n) is 9.14. The van der Waals surface area contributed by atoms with E-state index < -0.39 is 5.78 Å². The molecule has 4 nitrogen and oxygen atoms in total. The Morgan fingerprint density at radius 1 is 1.24 bits per heavy atom. The smallest absolute Gasteiger partial charge is 0.262 e. The van der Waals surface area contributed by atoms with Crippen LogP contribution < -0.4 is 0 Å². The predicted octanol–water partition coefficient (Wildman–Crippen LogP) is 2.43. The summed E-state index contributed by atoms with van der Waals surface area (Å²) in [5, 5.41) is 17.5. The Hall–Kier alpha value is -2.41. The van der Waals surface area contributed by atoms with E-state index in [9.17, 15) is 9.59 Å².